The van der Waals surface area contributed by atoms with Crippen LogP contribution < -0.4 is 10.2 Å². The second kappa shape index (κ2) is 7.14. The Balaban J connectivity index is 1.77. The number of hydrogen-bond donors (Lipinski definition) is 2. The summed E-state index contributed by atoms with van der Waals surface area (Å²) in [5.74, 6) is -1.36. The average molecular weight is 351 g/mol. The smallest absolute Gasteiger partial charge is 0.366 e. The molecule has 6 heteroatoms. The fourth-order valence-corrected chi connectivity index (χ4v) is 2.58. The molecule has 0 bridgehead atoms. The van der Waals surface area contributed by atoms with Gasteiger partial charge in [0.05, 0.1) is 12.7 Å². The zero-order valence-electron chi connectivity index (χ0n) is 14.3. The van der Waals surface area contributed by atoms with E-state index in [0.29, 0.717) is 5.75 Å². The van der Waals surface area contributed by atoms with Gasteiger partial charge in [0.25, 0.3) is 5.91 Å². The molecule has 3 aromatic rings. The molecule has 0 saturated carbocycles. The number of nitrogens with one attached hydrogen (secondary N) is 1. The molecule has 26 heavy (non-hydrogen) atoms. The van der Waals surface area contributed by atoms with Gasteiger partial charge in [-0.15, -0.1) is 0 Å². The number of hydrogen-bond acceptors (Lipinski definition) is 5. The fraction of sp³-hybridized carbons (Fsp3) is 0.100. The van der Waals surface area contributed by atoms with Crippen molar-refractivity contribution in [3.8, 4) is 11.5 Å². The van der Waals surface area contributed by atoms with Crippen molar-refractivity contribution in [2.45, 2.75) is 6.92 Å². The van der Waals surface area contributed by atoms with E-state index in [1.54, 1.807) is 24.3 Å². The number of phenols is 1. The molecule has 0 unspecified atom stereocenters. The summed E-state index contributed by atoms with van der Waals surface area (Å²) in [6.45, 7) is 1.87. The molecule has 0 fully saturated rings. The third-order valence-electron chi connectivity index (χ3n) is 3.92. The summed E-state index contributed by atoms with van der Waals surface area (Å²) < 4.78 is 5.16. The Bertz CT molecular complexity index is 997. The lowest BCUT2D eigenvalue weighted by molar-refractivity contribution is 0.0226. The highest BCUT2D eigenvalue weighted by Crippen LogP contribution is 2.25. The molecular weight excluding hydrogens is 334 g/mol. The van der Waals surface area contributed by atoms with Gasteiger partial charge in [0.1, 0.15) is 17.1 Å². The van der Waals surface area contributed by atoms with Crippen molar-refractivity contribution >= 4 is 22.6 Å². The van der Waals surface area contributed by atoms with E-state index >= 15 is 0 Å². The highest BCUT2D eigenvalue weighted by Gasteiger charge is 2.18. The second-order valence-corrected chi connectivity index (χ2v) is 5.74. The maximum Gasteiger partial charge on any atom is 0.366 e. The van der Waals surface area contributed by atoms with Crippen molar-refractivity contribution < 1.29 is 24.3 Å². The van der Waals surface area contributed by atoms with E-state index in [1.165, 1.54) is 19.2 Å². The van der Waals surface area contributed by atoms with Gasteiger partial charge >= 0.3 is 5.97 Å². The number of phenolic OH excluding ortho intramolecular Hbond substituents is 1. The third-order valence-corrected chi connectivity index (χ3v) is 3.92. The van der Waals surface area contributed by atoms with E-state index in [2.05, 4.69) is 5.48 Å². The second-order valence-electron chi connectivity index (χ2n) is 5.74. The topological polar surface area (TPSA) is 84.9 Å². The Labute approximate surface area is 149 Å². The van der Waals surface area contributed by atoms with Crippen molar-refractivity contribution in [2.75, 3.05) is 7.11 Å². The van der Waals surface area contributed by atoms with Gasteiger partial charge in [0, 0.05) is 0 Å². The Morgan fingerprint density at radius 2 is 1.65 bits per heavy atom. The van der Waals surface area contributed by atoms with Crippen LogP contribution in [0.15, 0.2) is 54.6 Å². The zero-order valence-corrected chi connectivity index (χ0v) is 14.3. The van der Waals surface area contributed by atoms with E-state index in [-0.39, 0.29) is 16.9 Å². The number of fused-ring (bicyclic) bond motifs is 1. The molecule has 0 atom stereocenters. The van der Waals surface area contributed by atoms with Gasteiger partial charge in [0.15, 0.2) is 0 Å². The first-order valence-electron chi connectivity index (χ1n) is 7.87. The first-order valence-corrected chi connectivity index (χ1v) is 7.87. The fourth-order valence-electron chi connectivity index (χ4n) is 2.58. The van der Waals surface area contributed by atoms with Crippen LogP contribution in [-0.4, -0.2) is 24.1 Å². The van der Waals surface area contributed by atoms with E-state index < -0.39 is 11.9 Å². The number of amides is 1. The van der Waals surface area contributed by atoms with Crippen LogP contribution in [-0.2, 0) is 4.84 Å². The predicted molar refractivity (Wildman–Crippen MR) is 96.2 cm³/mol. The molecule has 0 radical (unpaired) electrons. The van der Waals surface area contributed by atoms with Crippen molar-refractivity contribution in [3.05, 3.63) is 71.3 Å². The first-order chi connectivity index (χ1) is 12.5. The van der Waals surface area contributed by atoms with Gasteiger partial charge in [-0.1, -0.05) is 30.3 Å². The molecular formula is C20H17NO5. The summed E-state index contributed by atoms with van der Waals surface area (Å²) in [5, 5.41) is 11.6. The van der Waals surface area contributed by atoms with Crippen LogP contribution in [0, 0.1) is 6.92 Å². The van der Waals surface area contributed by atoms with Gasteiger partial charge in [-0.05, 0) is 47.5 Å². The standard InChI is InChI=1S/C20H17NO5/c1-12-7-8-15(18(9-12)25-2)19(23)21-26-20(24)16-10-13-5-3-4-6-14(13)11-17(16)22/h3-11,22H,1-2H3,(H,21,23). The van der Waals surface area contributed by atoms with Crippen LogP contribution >= 0.6 is 0 Å². The molecule has 2 N–H and O–H groups in total. The molecule has 1 amide bonds. The number of benzene rings is 3. The molecule has 6 nitrogen and oxygen atoms in total. The molecule has 0 aliphatic rings. The number of carbonyl (C=O) groups excluding carboxylic acids is 2. The van der Waals surface area contributed by atoms with E-state index in [0.717, 1.165) is 16.3 Å². The van der Waals surface area contributed by atoms with Gasteiger partial charge in [-0.2, -0.15) is 5.48 Å². The third kappa shape index (κ3) is 3.44. The molecule has 0 heterocycles. The quantitative estimate of drug-likeness (QED) is 0.707. The highest BCUT2D eigenvalue weighted by molar-refractivity contribution is 6.01. The zero-order chi connectivity index (χ0) is 18.7. The SMILES string of the molecule is COc1cc(C)ccc1C(=O)NOC(=O)c1cc2ccccc2cc1O. The van der Waals surface area contributed by atoms with Crippen molar-refractivity contribution in [2.24, 2.45) is 0 Å². The van der Waals surface area contributed by atoms with Crippen LogP contribution in [0.25, 0.3) is 10.8 Å². The number of rotatable bonds is 3. The molecule has 0 aliphatic heterocycles. The molecule has 0 aromatic heterocycles. The van der Waals surface area contributed by atoms with Crippen LogP contribution in [0.4, 0.5) is 0 Å². The number of aryl methyl sites for hydroxylation is 1. The van der Waals surface area contributed by atoms with E-state index in [9.17, 15) is 14.7 Å². The summed E-state index contributed by atoms with van der Waals surface area (Å²) in [6, 6.07) is 15.3. The van der Waals surface area contributed by atoms with Crippen LogP contribution in [0.5, 0.6) is 11.5 Å². The number of hydroxylamine groups is 1. The molecule has 132 valence electrons. The Kier molecular flexibility index (Phi) is 4.75. The maximum atomic E-state index is 12.2. The summed E-state index contributed by atoms with van der Waals surface area (Å²) in [6.07, 6.45) is 0. The summed E-state index contributed by atoms with van der Waals surface area (Å²) in [4.78, 5) is 29.3. The number of ether oxygens (including phenoxy) is 1. The maximum absolute atomic E-state index is 12.2. The molecule has 0 spiro atoms. The number of methoxy groups -OCH3 is 1. The summed E-state index contributed by atoms with van der Waals surface area (Å²) >= 11 is 0. The number of aromatic hydroxyl groups is 1. The average Bonchev–Trinajstić information content (AvgIpc) is 2.65. The largest absolute Gasteiger partial charge is 0.507 e. The van der Waals surface area contributed by atoms with Crippen molar-refractivity contribution in [3.63, 3.8) is 0 Å². The Morgan fingerprint density at radius 3 is 2.35 bits per heavy atom. The lowest BCUT2D eigenvalue weighted by Crippen LogP contribution is -2.27. The van der Waals surface area contributed by atoms with E-state index in [1.807, 2.05) is 25.1 Å². The Hall–Kier alpha value is -3.54. The highest BCUT2D eigenvalue weighted by atomic mass is 16.7. The minimum Gasteiger partial charge on any atom is -0.507 e. The molecule has 3 aromatic carbocycles. The lowest BCUT2D eigenvalue weighted by atomic mass is 10.1. The Morgan fingerprint density at radius 1 is 0.962 bits per heavy atom. The summed E-state index contributed by atoms with van der Waals surface area (Å²) in [5.41, 5.74) is 3.20. The predicted octanol–water partition coefficient (Wildman–Crippen LogP) is 3.36. The van der Waals surface area contributed by atoms with Gasteiger partial charge < -0.3 is 14.7 Å². The molecule has 0 saturated heterocycles. The van der Waals surface area contributed by atoms with Gasteiger partial charge in [0.2, 0.25) is 0 Å². The molecule has 3 rings (SSSR count). The van der Waals surface area contributed by atoms with Crippen molar-refractivity contribution in [1.82, 2.24) is 5.48 Å². The van der Waals surface area contributed by atoms with Crippen molar-refractivity contribution in [1.29, 1.82) is 0 Å². The van der Waals surface area contributed by atoms with Crippen LogP contribution in [0.1, 0.15) is 26.3 Å². The minimum absolute atomic E-state index is 0.0418. The summed E-state index contributed by atoms with van der Waals surface area (Å²) in [7, 11) is 1.45. The van der Waals surface area contributed by atoms with Gasteiger partial charge in [-0.3, -0.25) is 4.79 Å². The monoisotopic (exact) mass is 351 g/mol. The first kappa shape index (κ1) is 17.3. The van der Waals surface area contributed by atoms with E-state index in [4.69, 9.17) is 9.57 Å². The van der Waals surface area contributed by atoms with Crippen LogP contribution in [0.3, 0.4) is 0 Å². The van der Waals surface area contributed by atoms with Crippen LogP contribution in [0.2, 0.25) is 0 Å². The minimum atomic E-state index is -0.868. The number of carbonyl (C=O) groups is 2. The van der Waals surface area contributed by atoms with Gasteiger partial charge in [-0.25, -0.2) is 4.79 Å². The normalized spacial score (nSPS) is 10.4. The molecule has 0 aliphatic carbocycles. The lowest BCUT2D eigenvalue weighted by Gasteiger charge is -2.11.